The molecular weight excluding hydrogens is 376 g/mol. The monoisotopic (exact) mass is 404 g/mol. The van der Waals surface area contributed by atoms with Gasteiger partial charge < -0.3 is 15.7 Å². The highest BCUT2D eigenvalue weighted by Crippen LogP contribution is 2.34. The molecule has 0 fully saturated rings. The number of amides is 1. The molecule has 1 aromatic carbocycles. The van der Waals surface area contributed by atoms with E-state index in [0.29, 0.717) is 6.54 Å². The van der Waals surface area contributed by atoms with Gasteiger partial charge in [0.15, 0.2) is 0 Å². The van der Waals surface area contributed by atoms with Crippen molar-refractivity contribution in [3.8, 4) is 11.1 Å². The molecule has 0 bridgehead atoms. The van der Waals surface area contributed by atoms with Gasteiger partial charge in [0.05, 0.1) is 12.0 Å². The van der Waals surface area contributed by atoms with E-state index < -0.39 is 5.41 Å². The van der Waals surface area contributed by atoms with Gasteiger partial charge in [-0.25, -0.2) is 4.98 Å². The molecule has 0 aliphatic heterocycles. The molecule has 1 atom stereocenters. The molecule has 0 aliphatic carbocycles. The minimum atomic E-state index is -0.682. The van der Waals surface area contributed by atoms with Crippen LogP contribution in [0.1, 0.15) is 26.3 Å². The van der Waals surface area contributed by atoms with Gasteiger partial charge in [0.2, 0.25) is 5.91 Å². The SMILES string of the molecule is CC(C)C(C)(C(=O)Nc1ccncc1)c1ccc(-c2ccc(NCCO)nc2)cc1. The molecule has 0 radical (unpaired) electrons. The molecule has 6 heteroatoms. The van der Waals surface area contributed by atoms with Gasteiger partial charge in [0.1, 0.15) is 5.82 Å². The maximum atomic E-state index is 13.2. The molecule has 3 N–H and O–H groups in total. The Balaban J connectivity index is 1.82. The summed E-state index contributed by atoms with van der Waals surface area (Å²) in [5, 5.41) is 14.9. The van der Waals surface area contributed by atoms with Crippen LogP contribution in [0.25, 0.3) is 11.1 Å². The van der Waals surface area contributed by atoms with Crippen LogP contribution in [0.15, 0.2) is 67.1 Å². The third-order valence-electron chi connectivity index (χ3n) is 5.56. The van der Waals surface area contributed by atoms with Crippen LogP contribution in [-0.2, 0) is 10.2 Å². The predicted octanol–water partition coefficient (Wildman–Crippen LogP) is 4.10. The van der Waals surface area contributed by atoms with Gasteiger partial charge in [0.25, 0.3) is 0 Å². The molecule has 156 valence electrons. The predicted molar refractivity (Wildman–Crippen MR) is 120 cm³/mol. The van der Waals surface area contributed by atoms with Crippen molar-refractivity contribution in [2.45, 2.75) is 26.2 Å². The summed E-state index contributed by atoms with van der Waals surface area (Å²) in [7, 11) is 0. The van der Waals surface area contributed by atoms with Gasteiger partial charge in [-0.15, -0.1) is 0 Å². The second-order valence-electron chi connectivity index (χ2n) is 7.71. The van der Waals surface area contributed by atoms with Crippen molar-refractivity contribution in [2.75, 3.05) is 23.8 Å². The molecule has 0 spiro atoms. The highest BCUT2D eigenvalue weighted by molar-refractivity contribution is 5.99. The number of hydrogen-bond acceptors (Lipinski definition) is 5. The Hall–Kier alpha value is -3.25. The number of nitrogens with zero attached hydrogens (tertiary/aromatic N) is 2. The molecule has 0 saturated heterocycles. The van der Waals surface area contributed by atoms with Crippen molar-refractivity contribution < 1.29 is 9.90 Å². The zero-order valence-corrected chi connectivity index (χ0v) is 17.6. The molecular formula is C24H28N4O2. The zero-order valence-electron chi connectivity index (χ0n) is 17.6. The lowest BCUT2D eigenvalue weighted by atomic mass is 9.72. The number of aliphatic hydroxyl groups excluding tert-OH is 1. The number of aromatic nitrogens is 2. The van der Waals surface area contributed by atoms with Crippen LogP contribution >= 0.6 is 0 Å². The Bertz CT molecular complexity index is 957. The molecule has 0 aliphatic rings. The van der Waals surface area contributed by atoms with Crippen LogP contribution in [0.4, 0.5) is 11.5 Å². The summed E-state index contributed by atoms with van der Waals surface area (Å²) in [6.45, 7) is 6.63. The first-order valence-electron chi connectivity index (χ1n) is 10.1. The van der Waals surface area contributed by atoms with E-state index in [2.05, 4.69) is 34.4 Å². The van der Waals surface area contributed by atoms with E-state index in [1.54, 1.807) is 30.7 Å². The van der Waals surface area contributed by atoms with Gasteiger partial charge in [-0.05, 0) is 48.2 Å². The third kappa shape index (κ3) is 4.66. The Kier molecular flexibility index (Phi) is 6.79. The van der Waals surface area contributed by atoms with Gasteiger partial charge in [0, 0.05) is 36.4 Å². The molecule has 6 nitrogen and oxygen atoms in total. The summed E-state index contributed by atoms with van der Waals surface area (Å²) in [6, 6.07) is 15.5. The number of aliphatic hydroxyl groups is 1. The topological polar surface area (TPSA) is 87.1 Å². The number of hydrogen-bond donors (Lipinski definition) is 3. The zero-order chi connectivity index (χ0) is 21.6. The van der Waals surface area contributed by atoms with E-state index >= 15 is 0 Å². The minimum absolute atomic E-state index is 0.0440. The number of pyridine rings is 2. The van der Waals surface area contributed by atoms with E-state index in [4.69, 9.17) is 5.11 Å². The lowest BCUT2D eigenvalue weighted by Crippen LogP contribution is -2.42. The van der Waals surface area contributed by atoms with E-state index in [1.807, 2.05) is 43.3 Å². The molecule has 0 saturated carbocycles. The Labute approximate surface area is 177 Å². The molecule has 30 heavy (non-hydrogen) atoms. The second-order valence-corrected chi connectivity index (χ2v) is 7.71. The largest absolute Gasteiger partial charge is 0.395 e. The minimum Gasteiger partial charge on any atom is -0.395 e. The van der Waals surface area contributed by atoms with Crippen LogP contribution in [0.2, 0.25) is 0 Å². The quantitative estimate of drug-likeness (QED) is 0.526. The van der Waals surface area contributed by atoms with Crippen molar-refractivity contribution in [2.24, 2.45) is 5.92 Å². The normalized spacial score (nSPS) is 13.0. The Morgan fingerprint density at radius 3 is 2.27 bits per heavy atom. The van der Waals surface area contributed by atoms with E-state index in [9.17, 15) is 4.79 Å². The first-order valence-corrected chi connectivity index (χ1v) is 10.1. The van der Waals surface area contributed by atoms with E-state index in [1.165, 1.54) is 0 Å². The molecule has 3 rings (SSSR count). The van der Waals surface area contributed by atoms with Crippen molar-refractivity contribution in [1.29, 1.82) is 0 Å². The fourth-order valence-electron chi connectivity index (χ4n) is 3.28. The van der Waals surface area contributed by atoms with Crippen molar-refractivity contribution in [3.05, 3.63) is 72.7 Å². The average molecular weight is 405 g/mol. The summed E-state index contributed by atoms with van der Waals surface area (Å²) < 4.78 is 0. The van der Waals surface area contributed by atoms with Crippen LogP contribution in [0, 0.1) is 5.92 Å². The van der Waals surface area contributed by atoms with Crippen LogP contribution in [0.3, 0.4) is 0 Å². The van der Waals surface area contributed by atoms with E-state index in [-0.39, 0.29) is 18.4 Å². The van der Waals surface area contributed by atoms with Crippen LogP contribution in [0.5, 0.6) is 0 Å². The lowest BCUT2D eigenvalue weighted by molar-refractivity contribution is -0.122. The second kappa shape index (κ2) is 9.50. The van der Waals surface area contributed by atoms with Gasteiger partial charge in [-0.3, -0.25) is 9.78 Å². The molecule has 3 aromatic rings. The lowest BCUT2D eigenvalue weighted by Gasteiger charge is -2.33. The number of benzene rings is 1. The van der Waals surface area contributed by atoms with Gasteiger partial charge in [-0.2, -0.15) is 0 Å². The van der Waals surface area contributed by atoms with Crippen LogP contribution in [-0.4, -0.2) is 34.1 Å². The fraction of sp³-hybridized carbons (Fsp3) is 0.292. The Morgan fingerprint density at radius 2 is 1.70 bits per heavy atom. The summed E-state index contributed by atoms with van der Waals surface area (Å²) >= 11 is 0. The molecule has 2 heterocycles. The fourth-order valence-corrected chi connectivity index (χ4v) is 3.28. The molecule has 1 unspecified atom stereocenters. The van der Waals surface area contributed by atoms with E-state index in [0.717, 1.165) is 28.2 Å². The third-order valence-corrected chi connectivity index (χ3v) is 5.56. The number of carbonyl (C=O) groups is 1. The maximum Gasteiger partial charge on any atom is 0.235 e. The number of carbonyl (C=O) groups excluding carboxylic acids is 1. The molecule has 2 aromatic heterocycles. The number of nitrogens with one attached hydrogen (secondary N) is 2. The van der Waals surface area contributed by atoms with Crippen molar-refractivity contribution in [1.82, 2.24) is 9.97 Å². The molecule has 1 amide bonds. The van der Waals surface area contributed by atoms with Gasteiger partial charge in [-0.1, -0.05) is 38.1 Å². The average Bonchev–Trinajstić information content (AvgIpc) is 2.78. The van der Waals surface area contributed by atoms with Gasteiger partial charge >= 0.3 is 0 Å². The van der Waals surface area contributed by atoms with Crippen molar-refractivity contribution in [3.63, 3.8) is 0 Å². The highest BCUT2D eigenvalue weighted by Gasteiger charge is 2.38. The summed E-state index contributed by atoms with van der Waals surface area (Å²) in [5.41, 5.74) is 3.03. The highest BCUT2D eigenvalue weighted by atomic mass is 16.3. The standard InChI is InChI=1S/C24H28N4O2/c1-17(2)24(3,23(30)28-21-10-12-25-13-11-21)20-7-4-18(5-8-20)19-6-9-22(27-16-19)26-14-15-29/h4-13,16-17,29H,14-15H2,1-3H3,(H,26,27)(H,25,28,30). The Morgan fingerprint density at radius 1 is 1.03 bits per heavy atom. The smallest absolute Gasteiger partial charge is 0.235 e. The maximum absolute atomic E-state index is 13.2. The summed E-state index contributed by atoms with van der Waals surface area (Å²) in [6.07, 6.45) is 5.12. The number of rotatable bonds is 8. The summed E-state index contributed by atoms with van der Waals surface area (Å²) in [5.74, 6) is 0.783. The summed E-state index contributed by atoms with van der Waals surface area (Å²) in [4.78, 5) is 21.6. The number of anilines is 2. The van der Waals surface area contributed by atoms with Crippen LogP contribution < -0.4 is 10.6 Å². The first kappa shape index (κ1) is 21.5. The van der Waals surface area contributed by atoms with Crippen molar-refractivity contribution >= 4 is 17.4 Å². The first-order chi connectivity index (χ1) is 14.4.